The van der Waals surface area contributed by atoms with Crippen LogP contribution in [0.15, 0.2) is 24.3 Å². The van der Waals surface area contributed by atoms with E-state index in [-0.39, 0.29) is 35.2 Å². The summed E-state index contributed by atoms with van der Waals surface area (Å²) in [6, 6.07) is 7.03. The van der Waals surface area contributed by atoms with Crippen molar-refractivity contribution in [2.45, 2.75) is 83.7 Å². The molecule has 0 radical (unpaired) electrons. The molecule has 2 aliphatic carbocycles. The second kappa shape index (κ2) is 11.5. The fourth-order valence-corrected chi connectivity index (χ4v) is 7.09. The lowest BCUT2D eigenvalue weighted by molar-refractivity contribution is -0.135. The molecule has 0 spiro atoms. The lowest BCUT2D eigenvalue weighted by Gasteiger charge is -2.48. The minimum Gasteiger partial charge on any atom is -0.393 e. The van der Waals surface area contributed by atoms with Crippen molar-refractivity contribution in [2.75, 3.05) is 26.2 Å². The van der Waals surface area contributed by atoms with Crippen molar-refractivity contribution < 1.29 is 19.1 Å². The van der Waals surface area contributed by atoms with Crippen molar-refractivity contribution in [2.24, 2.45) is 28.9 Å². The number of benzene rings is 1. The van der Waals surface area contributed by atoms with Gasteiger partial charge in [-0.15, -0.1) is 0 Å². The second-order valence-corrected chi connectivity index (χ2v) is 12.0. The summed E-state index contributed by atoms with van der Waals surface area (Å²) >= 11 is 0. The van der Waals surface area contributed by atoms with Crippen LogP contribution in [-0.4, -0.2) is 59.1 Å². The predicted octanol–water partition coefficient (Wildman–Crippen LogP) is 4.91. The number of fused-ring (bicyclic) bond motifs is 2. The molecule has 4 aliphatic rings. The quantitative estimate of drug-likeness (QED) is 0.604. The number of piperidine rings is 2. The lowest BCUT2D eigenvalue weighted by atomic mass is 9.58. The summed E-state index contributed by atoms with van der Waals surface area (Å²) in [6.45, 7) is 7.52. The molecule has 0 aromatic heterocycles. The number of primary amides is 1. The summed E-state index contributed by atoms with van der Waals surface area (Å²) in [5.74, 6) is 1.32. The van der Waals surface area contributed by atoms with Crippen molar-refractivity contribution in [3.63, 3.8) is 0 Å². The summed E-state index contributed by atoms with van der Waals surface area (Å²) in [4.78, 5) is 27.9. The number of urea groups is 1. The number of nitrogens with zero attached hydrogens (tertiary/aromatic N) is 2. The number of aliphatic hydroxyl groups is 1. The van der Waals surface area contributed by atoms with E-state index in [2.05, 4.69) is 6.92 Å². The van der Waals surface area contributed by atoms with Gasteiger partial charge in [0.2, 0.25) is 5.91 Å². The monoisotopic (exact) mass is 501 g/mol. The number of carbonyl (C=O) groups excluding carboxylic acids is 2. The zero-order chi connectivity index (χ0) is 25.9. The van der Waals surface area contributed by atoms with Crippen LogP contribution in [0.2, 0.25) is 0 Å². The SMILES string of the molecule is CC1CC2CC(CC(C)(C(N)=O)C2)C1O.O=C(N1CCCCC1)N1CCC(c2ccc(F)cc2)CC1. The number of aliphatic hydroxyl groups excluding tert-OH is 1. The standard InChI is InChI=1S/C17H23FN2O.C12H21NO2/c18-16-6-4-14(5-7-16)15-8-12-20(13-9-15)17(21)19-10-2-1-3-11-19;1-7-3-8-4-9(10(7)14)6-12(2,5-8)11(13)15/h4-7,15H,1-3,8-13H2;7-10,14H,3-6H2,1-2H3,(H2,13,15). The summed E-state index contributed by atoms with van der Waals surface area (Å²) < 4.78 is 13.0. The molecule has 2 aliphatic heterocycles. The minimum atomic E-state index is -0.380. The summed E-state index contributed by atoms with van der Waals surface area (Å²) in [6.07, 6.45) is 9.04. The third kappa shape index (κ3) is 6.21. The number of carbonyl (C=O) groups is 2. The predicted molar refractivity (Wildman–Crippen MR) is 139 cm³/mol. The first-order valence-electron chi connectivity index (χ1n) is 13.9. The highest BCUT2D eigenvalue weighted by Gasteiger charge is 2.47. The van der Waals surface area contributed by atoms with E-state index < -0.39 is 0 Å². The Morgan fingerprint density at radius 1 is 0.972 bits per heavy atom. The van der Waals surface area contributed by atoms with E-state index >= 15 is 0 Å². The number of likely N-dealkylation sites (tertiary alicyclic amines) is 2. The Labute approximate surface area is 215 Å². The van der Waals surface area contributed by atoms with Gasteiger partial charge in [0.25, 0.3) is 0 Å². The molecule has 200 valence electrons. The number of rotatable bonds is 2. The lowest BCUT2D eigenvalue weighted by Crippen LogP contribution is -2.48. The molecular weight excluding hydrogens is 457 g/mol. The average Bonchev–Trinajstić information content (AvgIpc) is 2.88. The molecule has 3 amide bonds. The van der Waals surface area contributed by atoms with Gasteiger partial charge in [-0.3, -0.25) is 4.79 Å². The van der Waals surface area contributed by atoms with E-state index in [1.165, 1.54) is 24.1 Å². The van der Waals surface area contributed by atoms with E-state index in [1.54, 1.807) is 0 Å². The van der Waals surface area contributed by atoms with Crippen LogP contribution in [0.4, 0.5) is 9.18 Å². The number of amides is 3. The summed E-state index contributed by atoms with van der Waals surface area (Å²) in [5.41, 5.74) is 6.28. The molecule has 6 nitrogen and oxygen atoms in total. The van der Waals surface area contributed by atoms with Crippen LogP contribution in [0.3, 0.4) is 0 Å². The van der Waals surface area contributed by atoms with E-state index in [0.29, 0.717) is 17.8 Å². The van der Waals surface area contributed by atoms with Crippen LogP contribution in [0, 0.1) is 29.0 Å². The highest BCUT2D eigenvalue weighted by molar-refractivity contribution is 5.80. The van der Waals surface area contributed by atoms with Gasteiger partial charge in [-0.2, -0.15) is 0 Å². The van der Waals surface area contributed by atoms with E-state index in [4.69, 9.17) is 5.73 Å². The molecule has 2 heterocycles. The molecule has 5 unspecified atom stereocenters. The molecule has 36 heavy (non-hydrogen) atoms. The van der Waals surface area contributed by atoms with Crippen molar-refractivity contribution in [1.82, 2.24) is 9.80 Å². The van der Waals surface area contributed by atoms with Gasteiger partial charge in [0.05, 0.1) is 6.10 Å². The van der Waals surface area contributed by atoms with Crippen LogP contribution in [-0.2, 0) is 4.79 Å². The van der Waals surface area contributed by atoms with Gasteiger partial charge < -0.3 is 20.6 Å². The highest BCUT2D eigenvalue weighted by atomic mass is 19.1. The molecule has 3 N–H and O–H groups in total. The minimum absolute atomic E-state index is 0.184. The first kappa shape index (κ1) is 26.9. The number of hydrogen-bond donors (Lipinski definition) is 2. The Morgan fingerprint density at radius 3 is 2.19 bits per heavy atom. The van der Waals surface area contributed by atoms with Gasteiger partial charge in [-0.05, 0) is 99.2 Å². The smallest absolute Gasteiger partial charge is 0.319 e. The van der Waals surface area contributed by atoms with Gasteiger partial charge >= 0.3 is 6.03 Å². The fourth-order valence-electron chi connectivity index (χ4n) is 7.09. The second-order valence-electron chi connectivity index (χ2n) is 12.0. The molecule has 5 rings (SSSR count). The number of hydrogen-bond acceptors (Lipinski definition) is 3. The summed E-state index contributed by atoms with van der Waals surface area (Å²) in [7, 11) is 0. The van der Waals surface area contributed by atoms with E-state index in [9.17, 15) is 19.1 Å². The first-order chi connectivity index (χ1) is 17.2. The molecule has 2 saturated heterocycles. The largest absolute Gasteiger partial charge is 0.393 e. The van der Waals surface area contributed by atoms with Gasteiger partial charge in [0.15, 0.2) is 0 Å². The van der Waals surface area contributed by atoms with Gasteiger partial charge in [-0.25, -0.2) is 9.18 Å². The van der Waals surface area contributed by atoms with Crippen LogP contribution in [0.1, 0.15) is 83.1 Å². The Balaban J connectivity index is 0.000000179. The maximum atomic E-state index is 13.0. The number of halogens is 1. The van der Waals surface area contributed by atoms with Crippen molar-refractivity contribution >= 4 is 11.9 Å². The Morgan fingerprint density at radius 2 is 1.58 bits per heavy atom. The van der Waals surface area contributed by atoms with Crippen molar-refractivity contribution in [1.29, 1.82) is 0 Å². The maximum absolute atomic E-state index is 13.0. The van der Waals surface area contributed by atoms with Gasteiger partial charge in [-0.1, -0.05) is 26.0 Å². The zero-order valence-corrected chi connectivity index (χ0v) is 22.0. The zero-order valence-electron chi connectivity index (χ0n) is 22.0. The third-order valence-electron chi connectivity index (χ3n) is 9.19. The van der Waals surface area contributed by atoms with Crippen LogP contribution >= 0.6 is 0 Å². The molecule has 1 aromatic rings. The highest BCUT2D eigenvalue weighted by Crippen LogP contribution is 2.50. The Bertz CT molecular complexity index is 894. The van der Waals surface area contributed by atoms with E-state index in [0.717, 1.165) is 77.5 Å². The maximum Gasteiger partial charge on any atom is 0.319 e. The molecule has 4 fully saturated rings. The molecule has 1 aromatic carbocycles. The van der Waals surface area contributed by atoms with Gasteiger partial charge in [0, 0.05) is 31.6 Å². The molecule has 2 bridgehead atoms. The molecule has 5 atom stereocenters. The van der Waals surface area contributed by atoms with Crippen molar-refractivity contribution in [3.05, 3.63) is 35.6 Å². The molecule has 2 saturated carbocycles. The fraction of sp³-hybridized carbons (Fsp3) is 0.724. The van der Waals surface area contributed by atoms with E-state index in [1.807, 2.05) is 28.9 Å². The van der Waals surface area contributed by atoms with Gasteiger partial charge in [0.1, 0.15) is 5.82 Å². The Kier molecular flexibility index (Phi) is 8.59. The summed E-state index contributed by atoms with van der Waals surface area (Å²) in [5, 5.41) is 10.1. The van der Waals surface area contributed by atoms with Crippen molar-refractivity contribution in [3.8, 4) is 0 Å². The third-order valence-corrected chi connectivity index (χ3v) is 9.19. The van der Waals surface area contributed by atoms with Crippen LogP contribution < -0.4 is 5.73 Å². The Hall–Kier alpha value is -2.15. The normalized spacial score (nSPS) is 32.9. The first-order valence-corrected chi connectivity index (χ1v) is 13.9. The van der Waals surface area contributed by atoms with Crippen LogP contribution in [0.5, 0.6) is 0 Å². The van der Waals surface area contributed by atoms with Crippen LogP contribution in [0.25, 0.3) is 0 Å². The number of nitrogens with two attached hydrogens (primary N) is 1. The molecular formula is C29H44FN3O3. The average molecular weight is 502 g/mol. The topological polar surface area (TPSA) is 86.9 Å². The molecule has 7 heteroatoms.